The van der Waals surface area contributed by atoms with Crippen LogP contribution in [0.4, 0.5) is 30.2 Å². The van der Waals surface area contributed by atoms with Gasteiger partial charge in [0.25, 0.3) is 5.69 Å². The van der Waals surface area contributed by atoms with E-state index in [1.165, 1.54) is 19.1 Å². The molecule has 0 saturated carbocycles. The molecule has 0 fully saturated rings. The maximum Gasteiger partial charge on any atom is 0.416 e. The molecule has 1 amide bonds. The lowest BCUT2D eigenvalue weighted by Gasteiger charge is -2.13. The Bertz CT molecular complexity index is 1090. The van der Waals surface area contributed by atoms with Gasteiger partial charge in [-0.15, -0.1) is 0 Å². The number of nitro groups is 1. The smallest absolute Gasteiger partial charge is 0.379 e. The Balaban J connectivity index is 2.04. The molecule has 0 bridgehead atoms. The Hall–Kier alpha value is -3.19. The summed E-state index contributed by atoms with van der Waals surface area (Å²) >= 11 is 0. The maximum absolute atomic E-state index is 12.9. The third kappa shape index (κ3) is 5.90. The number of anilines is 2. The Morgan fingerprint density at radius 2 is 1.87 bits per heavy atom. The van der Waals surface area contributed by atoms with E-state index in [1.807, 2.05) is 0 Å². The minimum Gasteiger partial charge on any atom is -0.379 e. The average molecular weight is 446 g/mol. The summed E-state index contributed by atoms with van der Waals surface area (Å²) in [5, 5.41) is 21.0. The molecule has 4 N–H and O–H groups in total. The molecule has 0 atom stereocenters. The van der Waals surface area contributed by atoms with Crippen LogP contribution >= 0.6 is 0 Å². The van der Waals surface area contributed by atoms with Crippen LogP contribution in [0.25, 0.3) is 0 Å². The zero-order chi connectivity index (χ0) is 22.7. The van der Waals surface area contributed by atoms with Crippen LogP contribution in [0, 0.1) is 17.0 Å². The summed E-state index contributed by atoms with van der Waals surface area (Å²) in [6.45, 7) is 1.20. The van der Waals surface area contributed by atoms with E-state index in [0.29, 0.717) is 0 Å². The number of nitrogens with two attached hydrogens (primary N) is 1. The van der Waals surface area contributed by atoms with Gasteiger partial charge in [0.2, 0.25) is 15.9 Å². The highest BCUT2D eigenvalue weighted by Crippen LogP contribution is 2.33. The van der Waals surface area contributed by atoms with E-state index in [1.54, 1.807) is 0 Å². The summed E-state index contributed by atoms with van der Waals surface area (Å²) in [6, 6.07) is 6.35. The molecule has 0 aliphatic carbocycles. The lowest BCUT2D eigenvalue weighted by atomic mass is 10.1. The molecule has 0 spiro atoms. The van der Waals surface area contributed by atoms with Crippen LogP contribution in [-0.4, -0.2) is 25.8 Å². The molecule has 0 radical (unpaired) electrons. The Morgan fingerprint density at radius 1 is 1.20 bits per heavy atom. The van der Waals surface area contributed by atoms with Gasteiger partial charge in [-0.05, 0) is 36.8 Å². The van der Waals surface area contributed by atoms with Gasteiger partial charge >= 0.3 is 6.18 Å². The standard InChI is InChI=1S/C17H17F3N4O5S/c1-10-2-3-11(8-13(10)17(18,19)20)23-16(25)6-7-22-14-5-4-12(30(21,28)29)9-15(14)24(26)27/h2-5,8-9,22H,6-7H2,1H3,(H,23,25)(H2,21,28,29). The van der Waals surface area contributed by atoms with Crippen molar-refractivity contribution < 1.29 is 31.3 Å². The summed E-state index contributed by atoms with van der Waals surface area (Å²) in [5.74, 6) is -0.622. The normalized spacial score (nSPS) is 11.8. The van der Waals surface area contributed by atoms with E-state index < -0.39 is 43.2 Å². The highest BCUT2D eigenvalue weighted by Gasteiger charge is 2.32. The monoisotopic (exact) mass is 446 g/mol. The van der Waals surface area contributed by atoms with Gasteiger partial charge in [0.05, 0.1) is 15.4 Å². The van der Waals surface area contributed by atoms with Crippen molar-refractivity contribution in [2.45, 2.75) is 24.4 Å². The lowest BCUT2D eigenvalue weighted by molar-refractivity contribution is -0.384. The van der Waals surface area contributed by atoms with Crippen molar-refractivity contribution in [2.75, 3.05) is 17.2 Å². The number of hydrogen-bond acceptors (Lipinski definition) is 6. The predicted octanol–water partition coefficient (Wildman–Crippen LogP) is 3.01. The minimum atomic E-state index is -4.56. The number of halogens is 3. The predicted molar refractivity (Wildman–Crippen MR) is 102 cm³/mol. The number of primary sulfonamides is 1. The summed E-state index contributed by atoms with van der Waals surface area (Å²) in [5.41, 5.74) is -1.51. The molecule has 0 saturated heterocycles. The Morgan fingerprint density at radius 3 is 2.43 bits per heavy atom. The topological polar surface area (TPSA) is 144 Å². The SMILES string of the molecule is Cc1ccc(NC(=O)CCNc2ccc(S(N)(=O)=O)cc2[N+](=O)[O-])cc1C(F)(F)F. The Labute approximate surface area is 169 Å². The zero-order valence-electron chi connectivity index (χ0n) is 15.5. The zero-order valence-corrected chi connectivity index (χ0v) is 16.3. The van der Waals surface area contributed by atoms with Gasteiger partial charge in [-0.25, -0.2) is 13.6 Å². The number of amides is 1. The van der Waals surface area contributed by atoms with Gasteiger partial charge in [-0.1, -0.05) is 6.07 Å². The first-order valence-electron chi connectivity index (χ1n) is 8.32. The second kappa shape index (κ2) is 8.67. The van der Waals surface area contributed by atoms with Gasteiger partial charge < -0.3 is 10.6 Å². The van der Waals surface area contributed by atoms with E-state index in [4.69, 9.17) is 5.14 Å². The molecule has 2 aromatic carbocycles. The summed E-state index contributed by atoms with van der Waals surface area (Å²) in [6.07, 6.45) is -4.78. The van der Waals surface area contributed by atoms with Crippen LogP contribution in [0.2, 0.25) is 0 Å². The van der Waals surface area contributed by atoms with E-state index >= 15 is 0 Å². The second-order valence-corrected chi connectivity index (χ2v) is 7.79. The summed E-state index contributed by atoms with van der Waals surface area (Å²) in [4.78, 5) is 21.9. The molecule has 0 aliphatic rings. The number of carbonyl (C=O) groups is 1. The fourth-order valence-electron chi connectivity index (χ4n) is 2.53. The van der Waals surface area contributed by atoms with Crippen LogP contribution in [0.15, 0.2) is 41.3 Å². The number of nitro benzene ring substituents is 1. The number of aryl methyl sites for hydroxylation is 1. The van der Waals surface area contributed by atoms with Crippen molar-refractivity contribution in [1.82, 2.24) is 0 Å². The molecular formula is C17H17F3N4O5S. The van der Waals surface area contributed by atoms with Crippen molar-refractivity contribution in [2.24, 2.45) is 5.14 Å². The number of alkyl halides is 3. The first-order chi connectivity index (χ1) is 13.8. The average Bonchev–Trinajstić information content (AvgIpc) is 2.61. The highest BCUT2D eigenvalue weighted by molar-refractivity contribution is 7.89. The number of sulfonamides is 1. The fourth-order valence-corrected chi connectivity index (χ4v) is 3.06. The third-order valence-electron chi connectivity index (χ3n) is 3.99. The van der Waals surface area contributed by atoms with Crippen LogP contribution < -0.4 is 15.8 Å². The molecule has 162 valence electrons. The number of benzene rings is 2. The quantitative estimate of drug-likeness (QED) is 0.440. The van der Waals surface area contributed by atoms with Crippen LogP contribution in [0.5, 0.6) is 0 Å². The minimum absolute atomic E-state index is 0.0115. The van der Waals surface area contributed by atoms with Gasteiger partial charge in [-0.2, -0.15) is 13.2 Å². The van der Waals surface area contributed by atoms with Gasteiger partial charge in [0.15, 0.2) is 0 Å². The van der Waals surface area contributed by atoms with Crippen molar-refractivity contribution >= 4 is 33.0 Å². The molecule has 0 aromatic heterocycles. The molecule has 2 aromatic rings. The lowest BCUT2D eigenvalue weighted by Crippen LogP contribution is -2.18. The summed E-state index contributed by atoms with van der Waals surface area (Å²) in [7, 11) is -4.14. The van der Waals surface area contributed by atoms with Crippen LogP contribution in [0.1, 0.15) is 17.5 Å². The van der Waals surface area contributed by atoms with E-state index in [-0.39, 0.29) is 29.9 Å². The summed E-state index contributed by atoms with van der Waals surface area (Å²) < 4.78 is 61.4. The number of nitrogens with one attached hydrogen (secondary N) is 2. The van der Waals surface area contributed by atoms with Crippen LogP contribution in [-0.2, 0) is 21.0 Å². The van der Waals surface area contributed by atoms with Crippen LogP contribution in [0.3, 0.4) is 0 Å². The van der Waals surface area contributed by atoms with Crippen molar-refractivity contribution in [3.8, 4) is 0 Å². The number of rotatable bonds is 7. The molecule has 0 heterocycles. The van der Waals surface area contributed by atoms with Crippen molar-refractivity contribution in [1.29, 1.82) is 0 Å². The second-order valence-electron chi connectivity index (χ2n) is 6.23. The molecule has 13 heteroatoms. The van der Waals surface area contributed by atoms with Gasteiger partial charge in [0.1, 0.15) is 5.69 Å². The molecule has 9 nitrogen and oxygen atoms in total. The highest BCUT2D eigenvalue weighted by atomic mass is 32.2. The first-order valence-corrected chi connectivity index (χ1v) is 9.86. The molecular weight excluding hydrogens is 429 g/mol. The van der Waals surface area contributed by atoms with Crippen molar-refractivity contribution in [3.05, 3.63) is 57.6 Å². The van der Waals surface area contributed by atoms with Crippen molar-refractivity contribution in [3.63, 3.8) is 0 Å². The largest absolute Gasteiger partial charge is 0.416 e. The van der Waals surface area contributed by atoms with E-state index in [0.717, 1.165) is 24.3 Å². The number of carbonyl (C=O) groups excluding carboxylic acids is 1. The van der Waals surface area contributed by atoms with E-state index in [2.05, 4.69) is 10.6 Å². The third-order valence-corrected chi connectivity index (χ3v) is 4.90. The fraction of sp³-hybridized carbons (Fsp3) is 0.235. The number of nitrogens with zero attached hydrogens (tertiary/aromatic N) is 1. The van der Waals surface area contributed by atoms with E-state index in [9.17, 15) is 36.5 Å². The maximum atomic E-state index is 12.9. The molecule has 0 aliphatic heterocycles. The molecule has 2 rings (SSSR count). The molecule has 0 unspecified atom stereocenters. The van der Waals surface area contributed by atoms with Gasteiger partial charge in [-0.3, -0.25) is 14.9 Å². The first kappa shape index (κ1) is 23.1. The Kier molecular flexibility index (Phi) is 6.67. The number of hydrogen-bond donors (Lipinski definition) is 3. The van der Waals surface area contributed by atoms with Gasteiger partial charge in [0, 0.05) is 24.7 Å². The molecule has 30 heavy (non-hydrogen) atoms.